The van der Waals surface area contributed by atoms with Crippen LogP contribution in [0.4, 0.5) is 5.69 Å². The molecule has 0 fully saturated rings. The highest BCUT2D eigenvalue weighted by atomic mass is 16.2. The average molecular weight is 162 g/mol. The van der Waals surface area contributed by atoms with Gasteiger partial charge in [-0.25, -0.2) is 4.79 Å². The Kier molecular flexibility index (Phi) is 2.35. The van der Waals surface area contributed by atoms with Crippen molar-refractivity contribution in [2.45, 2.75) is 0 Å². The molecular formula is C8H6N2O2. The fourth-order valence-corrected chi connectivity index (χ4v) is 0.732. The Morgan fingerprint density at radius 1 is 1.33 bits per heavy atom. The first-order chi connectivity index (χ1) is 5.74. The van der Waals surface area contributed by atoms with Gasteiger partial charge in [-0.1, -0.05) is 0 Å². The summed E-state index contributed by atoms with van der Waals surface area (Å²) in [6, 6.07) is 6.12. The molecule has 1 aromatic rings. The van der Waals surface area contributed by atoms with Crippen molar-refractivity contribution >= 4 is 17.7 Å². The SMILES string of the molecule is Nc1ccc(C(=O)N=C=O)cc1. The lowest BCUT2D eigenvalue weighted by Crippen LogP contribution is -1.94. The zero-order valence-corrected chi connectivity index (χ0v) is 6.15. The molecule has 1 rings (SSSR count). The van der Waals surface area contributed by atoms with Crippen molar-refractivity contribution < 1.29 is 9.59 Å². The van der Waals surface area contributed by atoms with Crippen LogP contribution in [0.15, 0.2) is 29.3 Å². The second-order valence-corrected chi connectivity index (χ2v) is 2.13. The highest BCUT2D eigenvalue weighted by molar-refractivity contribution is 5.97. The number of rotatable bonds is 1. The molecule has 0 saturated carbocycles. The molecule has 0 unspecified atom stereocenters. The lowest BCUT2D eigenvalue weighted by Gasteiger charge is -1.93. The topological polar surface area (TPSA) is 72.5 Å². The number of aliphatic imine (C=N–C) groups is 1. The van der Waals surface area contributed by atoms with E-state index in [1.165, 1.54) is 18.2 Å². The molecule has 0 atom stereocenters. The molecule has 0 radical (unpaired) electrons. The van der Waals surface area contributed by atoms with E-state index in [-0.39, 0.29) is 0 Å². The van der Waals surface area contributed by atoms with Crippen LogP contribution in [0.3, 0.4) is 0 Å². The number of anilines is 1. The zero-order chi connectivity index (χ0) is 8.97. The molecule has 0 spiro atoms. The van der Waals surface area contributed by atoms with E-state index in [0.717, 1.165) is 0 Å². The molecule has 0 aliphatic carbocycles. The van der Waals surface area contributed by atoms with Gasteiger partial charge in [-0.3, -0.25) is 4.79 Å². The van der Waals surface area contributed by atoms with Gasteiger partial charge >= 0.3 is 0 Å². The van der Waals surface area contributed by atoms with Gasteiger partial charge in [-0.2, -0.15) is 0 Å². The molecule has 0 saturated heterocycles. The molecule has 2 N–H and O–H groups in total. The van der Waals surface area contributed by atoms with Gasteiger partial charge in [0.25, 0.3) is 5.91 Å². The molecule has 12 heavy (non-hydrogen) atoms. The van der Waals surface area contributed by atoms with E-state index in [2.05, 4.69) is 4.99 Å². The Bertz CT molecular complexity index is 337. The van der Waals surface area contributed by atoms with Crippen molar-refractivity contribution in [1.82, 2.24) is 0 Å². The predicted molar refractivity (Wildman–Crippen MR) is 43.3 cm³/mol. The van der Waals surface area contributed by atoms with E-state index >= 15 is 0 Å². The van der Waals surface area contributed by atoms with Crippen LogP contribution in [-0.4, -0.2) is 12.0 Å². The number of nitrogens with zero attached hydrogens (tertiary/aromatic N) is 1. The third-order valence-corrected chi connectivity index (χ3v) is 1.30. The first kappa shape index (κ1) is 8.17. The van der Waals surface area contributed by atoms with Crippen LogP contribution >= 0.6 is 0 Å². The molecule has 4 nitrogen and oxygen atoms in total. The normalized spacial score (nSPS) is 8.67. The first-order valence-electron chi connectivity index (χ1n) is 3.22. The van der Waals surface area contributed by atoms with Gasteiger partial charge in [-0.05, 0) is 24.3 Å². The minimum absolute atomic E-state index is 0.326. The van der Waals surface area contributed by atoms with Crippen molar-refractivity contribution in [3.63, 3.8) is 0 Å². The Balaban J connectivity index is 2.97. The predicted octanol–water partition coefficient (Wildman–Crippen LogP) is 0.745. The number of hydrogen-bond donors (Lipinski definition) is 1. The van der Waals surface area contributed by atoms with Gasteiger partial charge in [0.15, 0.2) is 0 Å². The van der Waals surface area contributed by atoms with Crippen molar-refractivity contribution in [3.8, 4) is 0 Å². The van der Waals surface area contributed by atoms with Crippen molar-refractivity contribution in [3.05, 3.63) is 29.8 Å². The summed E-state index contributed by atoms with van der Waals surface area (Å²) in [6.45, 7) is 0. The summed E-state index contributed by atoms with van der Waals surface area (Å²) in [5.41, 5.74) is 6.27. The number of isocyanates is 1. The highest BCUT2D eigenvalue weighted by Crippen LogP contribution is 2.05. The molecule has 0 aliphatic heterocycles. The minimum Gasteiger partial charge on any atom is -0.399 e. The Labute approximate surface area is 68.7 Å². The van der Waals surface area contributed by atoms with Crippen molar-refractivity contribution in [1.29, 1.82) is 0 Å². The molecule has 1 aromatic carbocycles. The number of nitrogens with two attached hydrogens (primary N) is 1. The number of carbonyl (C=O) groups excluding carboxylic acids is 2. The zero-order valence-electron chi connectivity index (χ0n) is 6.15. The Hall–Kier alpha value is -1.93. The van der Waals surface area contributed by atoms with E-state index < -0.39 is 5.91 Å². The summed E-state index contributed by atoms with van der Waals surface area (Å²) in [5.74, 6) is -0.606. The largest absolute Gasteiger partial charge is 0.399 e. The molecule has 4 heteroatoms. The maximum Gasteiger partial charge on any atom is 0.287 e. The fraction of sp³-hybridized carbons (Fsp3) is 0. The molecule has 1 amide bonds. The molecule has 0 aliphatic rings. The minimum atomic E-state index is -0.606. The lowest BCUT2D eigenvalue weighted by molar-refractivity contribution is 0.100. The van der Waals surface area contributed by atoms with Gasteiger partial charge in [0.1, 0.15) is 0 Å². The molecular weight excluding hydrogens is 156 g/mol. The lowest BCUT2D eigenvalue weighted by atomic mass is 10.2. The molecule has 60 valence electrons. The number of nitrogen functional groups attached to an aromatic ring is 1. The quantitative estimate of drug-likeness (QED) is 0.376. The van der Waals surface area contributed by atoms with E-state index in [1.54, 1.807) is 12.1 Å². The van der Waals surface area contributed by atoms with Gasteiger partial charge in [0.2, 0.25) is 6.08 Å². The smallest absolute Gasteiger partial charge is 0.287 e. The standard InChI is InChI=1S/C8H6N2O2/c9-7-3-1-6(2-4-7)8(12)10-5-11/h1-4H,9H2. The van der Waals surface area contributed by atoms with E-state index in [0.29, 0.717) is 11.3 Å². The molecule has 0 heterocycles. The summed E-state index contributed by atoms with van der Waals surface area (Å²) < 4.78 is 0. The van der Waals surface area contributed by atoms with Gasteiger partial charge < -0.3 is 5.73 Å². The van der Waals surface area contributed by atoms with Crippen LogP contribution < -0.4 is 5.73 Å². The second-order valence-electron chi connectivity index (χ2n) is 2.13. The summed E-state index contributed by atoms with van der Waals surface area (Å²) in [7, 11) is 0. The Morgan fingerprint density at radius 2 is 1.92 bits per heavy atom. The van der Waals surface area contributed by atoms with E-state index in [9.17, 15) is 9.59 Å². The number of amides is 1. The fourth-order valence-electron chi connectivity index (χ4n) is 0.732. The number of benzene rings is 1. The number of carbonyl (C=O) groups is 1. The van der Waals surface area contributed by atoms with Crippen molar-refractivity contribution in [2.75, 3.05) is 5.73 Å². The monoisotopic (exact) mass is 162 g/mol. The first-order valence-corrected chi connectivity index (χ1v) is 3.22. The maximum absolute atomic E-state index is 10.9. The van der Waals surface area contributed by atoms with E-state index in [1.807, 2.05) is 0 Å². The average Bonchev–Trinajstić information content (AvgIpc) is 2.06. The molecule has 0 aromatic heterocycles. The van der Waals surface area contributed by atoms with Crippen LogP contribution in [0.25, 0.3) is 0 Å². The van der Waals surface area contributed by atoms with Gasteiger partial charge in [0, 0.05) is 11.3 Å². The van der Waals surface area contributed by atoms with Gasteiger partial charge in [-0.15, -0.1) is 4.99 Å². The molecule has 0 bridgehead atoms. The summed E-state index contributed by atoms with van der Waals surface area (Å²) in [6.07, 6.45) is 1.17. The summed E-state index contributed by atoms with van der Waals surface area (Å²) in [4.78, 5) is 23.5. The van der Waals surface area contributed by atoms with Crippen LogP contribution in [-0.2, 0) is 4.79 Å². The summed E-state index contributed by atoms with van der Waals surface area (Å²) in [5, 5.41) is 0. The highest BCUT2D eigenvalue weighted by Gasteiger charge is 2.01. The van der Waals surface area contributed by atoms with Crippen LogP contribution in [0.5, 0.6) is 0 Å². The van der Waals surface area contributed by atoms with Crippen LogP contribution in [0.2, 0.25) is 0 Å². The van der Waals surface area contributed by atoms with E-state index in [4.69, 9.17) is 5.73 Å². The van der Waals surface area contributed by atoms with Crippen LogP contribution in [0, 0.1) is 0 Å². The van der Waals surface area contributed by atoms with Crippen LogP contribution in [0.1, 0.15) is 10.4 Å². The maximum atomic E-state index is 10.9. The van der Waals surface area contributed by atoms with Gasteiger partial charge in [0.05, 0.1) is 0 Å². The third-order valence-electron chi connectivity index (χ3n) is 1.30. The third kappa shape index (κ3) is 1.78. The van der Waals surface area contributed by atoms with Crippen molar-refractivity contribution in [2.24, 2.45) is 4.99 Å². The second kappa shape index (κ2) is 3.46. The Morgan fingerprint density at radius 3 is 2.42 bits per heavy atom. The number of hydrogen-bond acceptors (Lipinski definition) is 3. The summed E-state index contributed by atoms with van der Waals surface area (Å²) >= 11 is 0.